The largest absolute Gasteiger partial charge is 0.310 e. The Bertz CT molecular complexity index is 3230. The Balaban J connectivity index is 1.05. The fourth-order valence-electron chi connectivity index (χ4n) is 8.63. The van der Waals surface area contributed by atoms with Crippen LogP contribution in [0.25, 0.3) is 64.0 Å². The van der Waals surface area contributed by atoms with Crippen molar-refractivity contribution in [2.75, 3.05) is 9.80 Å². The average Bonchev–Trinajstić information content (AvgIpc) is 3.70. The minimum atomic E-state index is 1.12. The van der Waals surface area contributed by atoms with E-state index in [1.54, 1.807) is 0 Å². The van der Waals surface area contributed by atoms with Gasteiger partial charge in [-0.05, 0) is 111 Å². The van der Waals surface area contributed by atoms with E-state index < -0.39 is 0 Å². The van der Waals surface area contributed by atoms with Gasteiger partial charge in [-0.25, -0.2) is 0 Å². The molecule has 3 heteroatoms. The fraction of sp³-hybridized carbons (Fsp3) is 0. The zero-order valence-electron chi connectivity index (χ0n) is 32.2. The molecule has 0 saturated carbocycles. The van der Waals surface area contributed by atoms with Crippen LogP contribution in [0.4, 0.5) is 34.1 Å². The number of nitrogens with zero attached hydrogens (tertiary/aromatic N) is 2. The lowest BCUT2D eigenvalue weighted by molar-refractivity contribution is 1.29. The van der Waals surface area contributed by atoms with E-state index in [2.05, 4.69) is 240 Å². The Morgan fingerprint density at radius 1 is 0.254 bits per heavy atom. The molecule has 0 atom stereocenters. The molecule has 0 fully saturated rings. The van der Waals surface area contributed by atoms with Crippen molar-refractivity contribution in [2.45, 2.75) is 0 Å². The summed E-state index contributed by atoms with van der Waals surface area (Å²) < 4.78 is 2.58. The predicted octanol–water partition coefficient (Wildman–Crippen LogP) is 16.6. The third kappa shape index (κ3) is 6.29. The van der Waals surface area contributed by atoms with E-state index in [9.17, 15) is 0 Å². The Hall–Kier alpha value is -7.46. The first-order chi connectivity index (χ1) is 29.3. The Kier molecular flexibility index (Phi) is 8.72. The van der Waals surface area contributed by atoms with Gasteiger partial charge in [-0.3, -0.25) is 0 Å². The van der Waals surface area contributed by atoms with Crippen LogP contribution < -0.4 is 9.80 Å². The van der Waals surface area contributed by atoms with Crippen LogP contribution in [0, 0.1) is 0 Å². The predicted molar refractivity (Wildman–Crippen MR) is 255 cm³/mol. The number of benzene rings is 10. The lowest BCUT2D eigenvalue weighted by Crippen LogP contribution is -2.09. The highest BCUT2D eigenvalue weighted by Gasteiger charge is 2.20. The minimum Gasteiger partial charge on any atom is -0.310 e. The van der Waals surface area contributed by atoms with Crippen LogP contribution in [0.1, 0.15) is 0 Å². The summed E-state index contributed by atoms with van der Waals surface area (Å²) in [6, 6.07) is 83.4. The van der Waals surface area contributed by atoms with Gasteiger partial charge in [-0.2, -0.15) is 0 Å². The summed E-state index contributed by atoms with van der Waals surface area (Å²) in [5.41, 5.74) is 11.6. The number of hydrogen-bond donors (Lipinski definition) is 0. The van der Waals surface area contributed by atoms with Crippen molar-refractivity contribution in [3.8, 4) is 22.3 Å². The third-order valence-corrected chi connectivity index (χ3v) is 12.6. The second kappa shape index (κ2) is 14.8. The minimum absolute atomic E-state index is 1.12. The van der Waals surface area contributed by atoms with Crippen molar-refractivity contribution in [1.82, 2.24) is 0 Å². The van der Waals surface area contributed by atoms with Crippen molar-refractivity contribution in [2.24, 2.45) is 0 Å². The lowest BCUT2D eigenvalue weighted by Gasteiger charge is -2.26. The molecule has 0 saturated heterocycles. The van der Waals surface area contributed by atoms with Crippen LogP contribution in [-0.4, -0.2) is 0 Å². The number of rotatable bonds is 8. The van der Waals surface area contributed by atoms with E-state index in [0.29, 0.717) is 0 Å². The van der Waals surface area contributed by atoms with E-state index in [-0.39, 0.29) is 0 Å². The molecule has 278 valence electrons. The van der Waals surface area contributed by atoms with Gasteiger partial charge in [0.15, 0.2) is 0 Å². The monoisotopic (exact) mass is 770 g/mol. The third-order valence-electron chi connectivity index (χ3n) is 11.4. The molecular weight excluding hydrogens is 733 g/mol. The van der Waals surface area contributed by atoms with Crippen molar-refractivity contribution < 1.29 is 0 Å². The van der Waals surface area contributed by atoms with Crippen molar-refractivity contribution >= 4 is 87.2 Å². The van der Waals surface area contributed by atoms with E-state index in [1.807, 2.05) is 11.3 Å². The molecule has 1 heterocycles. The molecule has 0 amide bonds. The summed E-state index contributed by atoms with van der Waals surface area (Å²) in [5, 5.41) is 7.67. The molecule has 0 aliphatic rings. The normalized spacial score (nSPS) is 11.4. The summed E-state index contributed by atoms with van der Waals surface area (Å²) in [5.74, 6) is 0. The fourth-order valence-corrected chi connectivity index (χ4v) is 9.91. The summed E-state index contributed by atoms with van der Waals surface area (Å²) >= 11 is 1.89. The summed E-state index contributed by atoms with van der Waals surface area (Å²) in [7, 11) is 0. The highest BCUT2D eigenvalue weighted by molar-refractivity contribution is 7.27. The van der Waals surface area contributed by atoms with Gasteiger partial charge < -0.3 is 9.80 Å². The maximum Gasteiger partial charge on any atom is 0.0476 e. The highest BCUT2D eigenvalue weighted by Crippen LogP contribution is 2.48. The summed E-state index contributed by atoms with van der Waals surface area (Å²) in [6.07, 6.45) is 0. The van der Waals surface area contributed by atoms with E-state index in [4.69, 9.17) is 0 Å². The van der Waals surface area contributed by atoms with Gasteiger partial charge in [-0.1, -0.05) is 158 Å². The maximum absolute atomic E-state index is 2.39. The first-order valence-corrected chi connectivity index (χ1v) is 20.9. The lowest BCUT2D eigenvalue weighted by atomic mass is 9.96. The molecule has 11 aromatic rings. The number of para-hydroxylation sites is 2. The van der Waals surface area contributed by atoms with Crippen molar-refractivity contribution in [3.63, 3.8) is 0 Å². The molecule has 0 N–H and O–H groups in total. The molecule has 11 rings (SSSR count). The van der Waals surface area contributed by atoms with Gasteiger partial charge >= 0.3 is 0 Å². The summed E-state index contributed by atoms with van der Waals surface area (Å²) in [6.45, 7) is 0. The molecule has 0 aliphatic heterocycles. The molecule has 0 bridgehead atoms. The standard InChI is InChI=1S/C56H38N2S/c1-5-15-39(16-6-1)41-25-29-45(30-26-41)57(43-19-9-3-10-20-43)47-33-35-51-53(37-47)49-23-13-14-24-50(49)55-52-36-34-48(38-54(52)59-56(51)55)58(44-21-11-4-12-22-44)46-31-27-42(28-32-46)40-17-7-2-8-18-40/h1-38H. The van der Waals surface area contributed by atoms with Crippen molar-refractivity contribution in [3.05, 3.63) is 231 Å². The second-order valence-electron chi connectivity index (χ2n) is 14.9. The number of hydrogen-bond acceptors (Lipinski definition) is 3. The summed E-state index contributed by atoms with van der Waals surface area (Å²) in [4.78, 5) is 4.74. The molecule has 0 aliphatic carbocycles. The van der Waals surface area contributed by atoms with Gasteiger partial charge in [0, 0.05) is 59.7 Å². The van der Waals surface area contributed by atoms with Gasteiger partial charge in [-0.15, -0.1) is 11.3 Å². The quantitative estimate of drug-likeness (QED) is 0.142. The average molecular weight is 771 g/mol. The smallest absolute Gasteiger partial charge is 0.0476 e. The molecule has 1 aromatic heterocycles. The van der Waals surface area contributed by atoms with E-state index in [1.165, 1.54) is 64.0 Å². The molecule has 59 heavy (non-hydrogen) atoms. The topological polar surface area (TPSA) is 6.48 Å². The van der Waals surface area contributed by atoms with Gasteiger partial charge in [0.25, 0.3) is 0 Å². The van der Waals surface area contributed by atoms with Crippen LogP contribution in [0.3, 0.4) is 0 Å². The van der Waals surface area contributed by atoms with Crippen LogP contribution >= 0.6 is 11.3 Å². The van der Waals surface area contributed by atoms with Crippen LogP contribution in [0.15, 0.2) is 231 Å². The van der Waals surface area contributed by atoms with Crippen LogP contribution in [0.5, 0.6) is 0 Å². The van der Waals surface area contributed by atoms with Crippen LogP contribution in [-0.2, 0) is 0 Å². The maximum atomic E-state index is 2.39. The van der Waals surface area contributed by atoms with Gasteiger partial charge in [0.1, 0.15) is 0 Å². The Labute approximate surface area is 348 Å². The molecule has 0 unspecified atom stereocenters. The van der Waals surface area contributed by atoms with E-state index in [0.717, 1.165) is 34.1 Å². The number of thiophene rings is 1. The van der Waals surface area contributed by atoms with Crippen LogP contribution in [0.2, 0.25) is 0 Å². The highest BCUT2D eigenvalue weighted by atomic mass is 32.1. The molecular formula is C56H38N2S. The number of fused-ring (bicyclic) bond motifs is 8. The molecule has 0 radical (unpaired) electrons. The SMILES string of the molecule is c1ccc(-c2ccc(N(c3ccccc3)c3ccc4c(c3)sc3c5ccc(N(c6ccccc6)c6ccc(-c7ccccc7)cc6)cc5c5ccccc5c43)cc2)cc1. The van der Waals surface area contributed by atoms with Gasteiger partial charge in [0.2, 0.25) is 0 Å². The Morgan fingerprint density at radius 3 is 1.17 bits per heavy atom. The molecule has 0 spiro atoms. The first kappa shape index (κ1) is 34.8. The Morgan fingerprint density at radius 2 is 0.644 bits per heavy atom. The second-order valence-corrected chi connectivity index (χ2v) is 16.0. The zero-order valence-corrected chi connectivity index (χ0v) is 33.1. The van der Waals surface area contributed by atoms with Crippen molar-refractivity contribution in [1.29, 1.82) is 0 Å². The van der Waals surface area contributed by atoms with Gasteiger partial charge in [0.05, 0.1) is 0 Å². The molecule has 10 aromatic carbocycles. The first-order valence-electron chi connectivity index (χ1n) is 20.1. The molecule has 2 nitrogen and oxygen atoms in total. The van der Waals surface area contributed by atoms with E-state index >= 15 is 0 Å². The number of anilines is 6. The zero-order chi connectivity index (χ0) is 39.1.